The summed E-state index contributed by atoms with van der Waals surface area (Å²) >= 11 is 0. The first kappa shape index (κ1) is 15.5. The molecule has 0 saturated heterocycles. The topological polar surface area (TPSA) is 99.6 Å². The molecular formula is C18H13NO5. The zero-order chi connectivity index (χ0) is 17.3. The van der Waals surface area contributed by atoms with E-state index in [0.29, 0.717) is 10.9 Å². The van der Waals surface area contributed by atoms with E-state index in [-0.39, 0.29) is 16.9 Å². The van der Waals surface area contributed by atoms with Gasteiger partial charge in [-0.3, -0.25) is 4.79 Å². The van der Waals surface area contributed by atoms with E-state index < -0.39 is 17.5 Å². The first-order chi connectivity index (χ1) is 11.4. The number of carbonyl (C=O) groups excluding carboxylic acids is 2. The van der Waals surface area contributed by atoms with Crippen LogP contribution in [0.15, 0.2) is 57.7 Å². The van der Waals surface area contributed by atoms with E-state index in [1.165, 1.54) is 12.1 Å². The number of aryl methyl sites for hydroxylation is 1. The Balaban J connectivity index is 1.92. The van der Waals surface area contributed by atoms with Crippen LogP contribution in [0.2, 0.25) is 0 Å². The molecule has 2 aromatic carbocycles. The Bertz CT molecular complexity index is 1000. The molecule has 1 heterocycles. The molecule has 6 nitrogen and oxygen atoms in total. The first-order valence-electron chi connectivity index (χ1n) is 7.10. The number of hydrogen-bond acceptors (Lipinski definition) is 5. The van der Waals surface area contributed by atoms with Crippen molar-refractivity contribution in [2.75, 3.05) is 0 Å². The van der Waals surface area contributed by atoms with Crippen LogP contribution in [-0.4, -0.2) is 11.9 Å². The molecule has 0 bridgehead atoms. The summed E-state index contributed by atoms with van der Waals surface area (Å²) in [6.45, 7) is 1.92. The number of esters is 1. The fourth-order valence-electron chi connectivity index (χ4n) is 2.18. The Morgan fingerprint density at radius 3 is 2.42 bits per heavy atom. The number of amides is 1. The van der Waals surface area contributed by atoms with Crippen LogP contribution in [0, 0.1) is 6.92 Å². The van der Waals surface area contributed by atoms with Crippen molar-refractivity contribution in [2.24, 2.45) is 5.73 Å². The molecule has 0 aliphatic carbocycles. The molecule has 0 aliphatic heterocycles. The minimum atomic E-state index is -0.861. The predicted octanol–water partition coefficient (Wildman–Crippen LogP) is 2.42. The van der Waals surface area contributed by atoms with Gasteiger partial charge in [-0.05, 0) is 37.3 Å². The summed E-state index contributed by atoms with van der Waals surface area (Å²) in [5, 5.41) is 0.499. The van der Waals surface area contributed by atoms with Crippen LogP contribution in [0.3, 0.4) is 0 Å². The van der Waals surface area contributed by atoms with E-state index in [0.717, 1.165) is 5.56 Å². The molecule has 0 aliphatic rings. The van der Waals surface area contributed by atoms with Crippen LogP contribution in [0.1, 0.15) is 26.3 Å². The molecule has 0 radical (unpaired) electrons. The predicted molar refractivity (Wildman–Crippen MR) is 87.1 cm³/mol. The molecule has 0 fully saturated rings. The number of fused-ring (bicyclic) bond motifs is 1. The Morgan fingerprint density at radius 2 is 1.75 bits per heavy atom. The van der Waals surface area contributed by atoms with Crippen LogP contribution in [0.5, 0.6) is 5.75 Å². The molecule has 0 atom stereocenters. The van der Waals surface area contributed by atoms with Gasteiger partial charge in [-0.25, -0.2) is 9.59 Å². The maximum Gasteiger partial charge on any atom is 0.349 e. The molecule has 3 aromatic rings. The van der Waals surface area contributed by atoms with Gasteiger partial charge in [0.05, 0.1) is 5.56 Å². The lowest BCUT2D eigenvalue weighted by atomic mass is 10.1. The fourth-order valence-corrected chi connectivity index (χ4v) is 2.18. The van der Waals surface area contributed by atoms with Gasteiger partial charge in [0.2, 0.25) is 0 Å². The van der Waals surface area contributed by atoms with Gasteiger partial charge < -0.3 is 14.9 Å². The normalized spacial score (nSPS) is 10.5. The Labute approximate surface area is 136 Å². The molecule has 0 spiro atoms. The quantitative estimate of drug-likeness (QED) is 0.453. The summed E-state index contributed by atoms with van der Waals surface area (Å²) in [6.07, 6.45) is 0. The van der Waals surface area contributed by atoms with Gasteiger partial charge in [-0.2, -0.15) is 0 Å². The molecule has 1 aromatic heterocycles. The smallest absolute Gasteiger partial charge is 0.349 e. The molecule has 1 amide bonds. The number of nitrogens with two attached hydrogens (primary N) is 1. The van der Waals surface area contributed by atoms with Crippen molar-refractivity contribution in [1.82, 2.24) is 0 Å². The fraction of sp³-hybridized carbons (Fsp3) is 0.0556. The van der Waals surface area contributed by atoms with Crippen molar-refractivity contribution in [3.8, 4) is 5.75 Å². The van der Waals surface area contributed by atoms with Gasteiger partial charge in [-0.1, -0.05) is 17.7 Å². The van der Waals surface area contributed by atoms with Crippen LogP contribution in [0.25, 0.3) is 11.0 Å². The van der Waals surface area contributed by atoms with Gasteiger partial charge in [-0.15, -0.1) is 0 Å². The number of primary amides is 1. The molecule has 0 unspecified atom stereocenters. The molecule has 0 saturated carbocycles. The molecule has 3 rings (SSSR count). The molecule has 24 heavy (non-hydrogen) atoms. The highest BCUT2D eigenvalue weighted by molar-refractivity contribution is 5.96. The van der Waals surface area contributed by atoms with Crippen molar-refractivity contribution in [3.05, 3.63) is 75.6 Å². The van der Waals surface area contributed by atoms with Crippen molar-refractivity contribution in [3.63, 3.8) is 0 Å². The third-order valence-corrected chi connectivity index (χ3v) is 3.47. The lowest BCUT2D eigenvalue weighted by molar-refractivity contribution is 0.0734. The van der Waals surface area contributed by atoms with E-state index in [4.69, 9.17) is 14.9 Å². The van der Waals surface area contributed by atoms with Crippen molar-refractivity contribution >= 4 is 22.8 Å². The highest BCUT2D eigenvalue weighted by atomic mass is 16.5. The summed E-state index contributed by atoms with van der Waals surface area (Å²) in [7, 11) is 0. The summed E-state index contributed by atoms with van der Waals surface area (Å²) in [4.78, 5) is 34.9. The van der Waals surface area contributed by atoms with Gasteiger partial charge in [0.25, 0.3) is 5.91 Å². The van der Waals surface area contributed by atoms with E-state index >= 15 is 0 Å². The highest BCUT2D eigenvalue weighted by Crippen LogP contribution is 2.21. The van der Waals surface area contributed by atoms with Crippen LogP contribution in [-0.2, 0) is 0 Å². The molecule has 6 heteroatoms. The Kier molecular flexibility index (Phi) is 3.87. The minimum absolute atomic E-state index is 0.194. The second kappa shape index (κ2) is 6.00. The number of ether oxygens (including phenoxy) is 1. The third-order valence-electron chi connectivity index (χ3n) is 3.47. The standard InChI is InChI=1S/C18H13NO5/c1-10-2-4-11(5-3-10)17(21)23-13-7-6-12-8-14(16(19)20)18(22)24-15(12)9-13/h2-9H,1H3,(H2,19,20). The average molecular weight is 323 g/mol. The van der Waals surface area contributed by atoms with Crippen molar-refractivity contribution < 1.29 is 18.7 Å². The highest BCUT2D eigenvalue weighted by Gasteiger charge is 2.13. The molecular weight excluding hydrogens is 310 g/mol. The lowest BCUT2D eigenvalue weighted by Crippen LogP contribution is -2.20. The van der Waals surface area contributed by atoms with E-state index in [1.807, 2.05) is 6.92 Å². The van der Waals surface area contributed by atoms with Crippen LogP contribution in [0.4, 0.5) is 0 Å². The summed E-state index contributed by atoms with van der Waals surface area (Å²) in [6, 6.07) is 12.8. The largest absolute Gasteiger partial charge is 0.423 e. The van der Waals surface area contributed by atoms with Crippen molar-refractivity contribution in [1.29, 1.82) is 0 Å². The maximum absolute atomic E-state index is 12.1. The van der Waals surface area contributed by atoms with Crippen LogP contribution >= 0.6 is 0 Å². The minimum Gasteiger partial charge on any atom is -0.423 e. The monoisotopic (exact) mass is 323 g/mol. The van der Waals surface area contributed by atoms with E-state index in [2.05, 4.69) is 0 Å². The summed E-state index contributed by atoms with van der Waals surface area (Å²) in [5.41, 5.74) is 5.68. The van der Waals surface area contributed by atoms with Gasteiger partial charge >= 0.3 is 11.6 Å². The molecule has 2 N–H and O–H groups in total. The molecule has 120 valence electrons. The van der Waals surface area contributed by atoms with Crippen molar-refractivity contribution in [2.45, 2.75) is 6.92 Å². The second-order valence-electron chi connectivity index (χ2n) is 5.27. The van der Waals surface area contributed by atoms with Crippen LogP contribution < -0.4 is 16.1 Å². The summed E-state index contributed by atoms with van der Waals surface area (Å²) < 4.78 is 10.3. The number of rotatable bonds is 3. The van der Waals surface area contributed by atoms with E-state index in [1.54, 1.807) is 36.4 Å². The SMILES string of the molecule is Cc1ccc(C(=O)Oc2ccc3cc(C(N)=O)c(=O)oc3c2)cc1. The average Bonchev–Trinajstić information content (AvgIpc) is 2.54. The second-order valence-corrected chi connectivity index (χ2v) is 5.27. The van der Waals surface area contributed by atoms with Gasteiger partial charge in [0, 0.05) is 11.5 Å². The Morgan fingerprint density at radius 1 is 1.04 bits per heavy atom. The third kappa shape index (κ3) is 3.03. The number of carbonyl (C=O) groups is 2. The number of benzene rings is 2. The zero-order valence-corrected chi connectivity index (χ0v) is 12.7. The zero-order valence-electron chi connectivity index (χ0n) is 12.7. The van der Waals surface area contributed by atoms with E-state index in [9.17, 15) is 14.4 Å². The van der Waals surface area contributed by atoms with Gasteiger partial charge in [0.1, 0.15) is 16.9 Å². The summed E-state index contributed by atoms with van der Waals surface area (Å²) in [5.74, 6) is -1.16. The number of hydrogen-bond donors (Lipinski definition) is 1. The Hall–Kier alpha value is -3.41. The maximum atomic E-state index is 12.1. The first-order valence-corrected chi connectivity index (χ1v) is 7.10. The van der Waals surface area contributed by atoms with Gasteiger partial charge in [0.15, 0.2) is 0 Å². The lowest BCUT2D eigenvalue weighted by Gasteiger charge is -2.06.